The van der Waals surface area contributed by atoms with Crippen LogP contribution in [-0.2, 0) is 14.8 Å². The molecule has 1 N–H and O–H groups in total. The van der Waals surface area contributed by atoms with Crippen LogP contribution in [0.3, 0.4) is 0 Å². The molecule has 0 spiro atoms. The summed E-state index contributed by atoms with van der Waals surface area (Å²) >= 11 is 7.02. The summed E-state index contributed by atoms with van der Waals surface area (Å²) < 4.78 is 26.8. The third kappa shape index (κ3) is 5.22. The second-order valence-corrected chi connectivity index (χ2v) is 10.1. The molecule has 7 nitrogen and oxygen atoms in total. The Labute approximate surface area is 173 Å². The Morgan fingerprint density at radius 1 is 1.14 bits per heavy atom. The number of hydrogen-bond donors (Lipinski definition) is 1. The molecular weight excluding hydrogens is 420 g/mol. The van der Waals surface area contributed by atoms with Crippen LogP contribution in [0.1, 0.15) is 26.2 Å². The molecule has 0 aliphatic carbocycles. The summed E-state index contributed by atoms with van der Waals surface area (Å²) in [5.74, 6) is 0.185. The summed E-state index contributed by atoms with van der Waals surface area (Å²) in [6.07, 6.45) is 5.65. The van der Waals surface area contributed by atoms with E-state index >= 15 is 0 Å². The number of halogens is 1. The molecule has 28 heavy (non-hydrogen) atoms. The zero-order valence-electron chi connectivity index (χ0n) is 15.3. The molecule has 1 aliphatic heterocycles. The van der Waals surface area contributed by atoms with Gasteiger partial charge >= 0.3 is 0 Å². The molecule has 1 atom stereocenters. The summed E-state index contributed by atoms with van der Waals surface area (Å²) in [4.78, 5) is 20.7. The van der Waals surface area contributed by atoms with Crippen LogP contribution >= 0.6 is 23.4 Å². The number of amides is 1. The van der Waals surface area contributed by atoms with Gasteiger partial charge in [0.2, 0.25) is 15.9 Å². The highest BCUT2D eigenvalue weighted by atomic mass is 35.5. The van der Waals surface area contributed by atoms with E-state index in [-0.39, 0.29) is 10.8 Å². The fraction of sp³-hybridized carbons (Fsp3) is 0.389. The molecule has 1 aliphatic rings. The van der Waals surface area contributed by atoms with Gasteiger partial charge in [-0.2, -0.15) is 4.31 Å². The fourth-order valence-corrected chi connectivity index (χ4v) is 5.12. The SMILES string of the molecule is CC(Sc1ccc(S(=O)(=O)N2CCCCC2)cn1)C(=O)Nc1ccc(Cl)cn1. The lowest BCUT2D eigenvalue weighted by Gasteiger charge is -2.25. The van der Waals surface area contributed by atoms with Gasteiger partial charge in [-0.25, -0.2) is 18.4 Å². The Morgan fingerprint density at radius 2 is 1.89 bits per heavy atom. The Hall–Kier alpha value is -1.68. The molecule has 0 aromatic carbocycles. The minimum absolute atomic E-state index is 0.182. The van der Waals surface area contributed by atoms with Gasteiger partial charge in [0.1, 0.15) is 10.7 Å². The number of thioether (sulfide) groups is 1. The van der Waals surface area contributed by atoms with Gasteiger partial charge in [0.05, 0.1) is 15.3 Å². The molecular formula is C18H21ClN4O3S2. The van der Waals surface area contributed by atoms with E-state index in [1.807, 2.05) is 0 Å². The van der Waals surface area contributed by atoms with E-state index in [2.05, 4.69) is 15.3 Å². The first kappa shape index (κ1) is 21.0. The van der Waals surface area contributed by atoms with Crippen molar-refractivity contribution in [3.8, 4) is 0 Å². The average molecular weight is 441 g/mol. The maximum Gasteiger partial charge on any atom is 0.244 e. The second-order valence-electron chi connectivity index (χ2n) is 6.41. The van der Waals surface area contributed by atoms with Crippen molar-refractivity contribution < 1.29 is 13.2 Å². The molecule has 1 amide bonds. The minimum Gasteiger partial charge on any atom is -0.310 e. The highest BCUT2D eigenvalue weighted by molar-refractivity contribution is 8.00. The van der Waals surface area contributed by atoms with Gasteiger partial charge in [-0.15, -0.1) is 0 Å². The Bertz CT molecular complexity index is 915. The summed E-state index contributed by atoms with van der Waals surface area (Å²) in [5.41, 5.74) is 0. The zero-order valence-corrected chi connectivity index (χ0v) is 17.7. The lowest BCUT2D eigenvalue weighted by Crippen LogP contribution is -2.35. The number of piperidine rings is 1. The van der Waals surface area contributed by atoms with Crippen molar-refractivity contribution >= 4 is 45.1 Å². The average Bonchev–Trinajstić information content (AvgIpc) is 2.70. The minimum atomic E-state index is -3.50. The molecule has 0 saturated carbocycles. The van der Waals surface area contributed by atoms with E-state index in [0.717, 1.165) is 19.3 Å². The number of carbonyl (C=O) groups excluding carboxylic acids is 1. The maximum absolute atomic E-state index is 12.7. The van der Waals surface area contributed by atoms with E-state index in [0.29, 0.717) is 29.0 Å². The summed E-state index contributed by atoms with van der Waals surface area (Å²) in [6, 6.07) is 6.44. The van der Waals surface area contributed by atoms with Crippen molar-refractivity contribution in [3.05, 3.63) is 41.7 Å². The van der Waals surface area contributed by atoms with Crippen molar-refractivity contribution in [1.82, 2.24) is 14.3 Å². The predicted molar refractivity (Wildman–Crippen MR) is 110 cm³/mol. The van der Waals surface area contributed by atoms with Gasteiger partial charge in [-0.1, -0.05) is 29.8 Å². The second kappa shape index (κ2) is 9.21. The van der Waals surface area contributed by atoms with E-state index in [4.69, 9.17) is 11.6 Å². The van der Waals surface area contributed by atoms with Crippen molar-refractivity contribution in [1.29, 1.82) is 0 Å². The lowest BCUT2D eigenvalue weighted by atomic mass is 10.2. The smallest absolute Gasteiger partial charge is 0.244 e. The number of sulfonamides is 1. The van der Waals surface area contributed by atoms with Crippen molar-refractivity contribution in [2.75, 3.05) is 18.4 Å². The standard InChI is InChI=1S/C18H21ClN4O3S2/c1-13(18(24)22-16-7-5-14(19)11-20-16)27-17-8-6-15(12-21-17)28(25,26)23-9-3-2-4-10-23/h5-8,11-13H,2-4,9-10H2,1H3,(H,20,22,24). The number of aromatic nitrogens is 2. The lowest BCUT2D eigenvalue weighted by molar-refractivity contribution is -0.115. The number of hydrogen-bond acceptors (Lipinski definition) is 6. The molecule has 150 valence electrons. The van der Waals surface area contributed by atoms with Crippen LogP contribution in [0.2, 0.25) is 5.02 Å². The number of nitrogens with one attached hydrogen (secondary N) is 1. The molecule has 0 radical (unpaired) electrons. The third-order valence-electron chi connectivity index (χ3n) is 4.31. The third-order valence-corrected chi connectivity index (χ3v) is 7.46. The normalized spacial score (nSPS) is 16.5. The van der Waals surface area contributed by atoms with Gasteiger partial charge in [-0.3, -0.25) is 4.79 Å². The number of carbonyl (C=O) groups is 1. The highest BCUT2D eigenvalue weighted by Crippen LogP contribution is 2.25. The van der Waals surface area contributed by atoms with E-state index in [9.17, 15) is 13.2 Å². The molecule has 1 saturated heterocycles. The largest absolute Gasteiger partial charge is 0.310 e. The summed E-state index contributed by atoms with van der Waals surface area (Å²) in [6.45, 7) is 2.85. The predicted octanol–water partition coefficient (Wildman–Crippen LogP) is 3.42. The molecule has 0 bridgehead atoms. The Balaban J connectivity index is 1.61. The van der Waals surface area contributed by atoms with Crippen molar-refractivity contribution in [2.24, 2.45) is 0 Å². The van der Waals surface area contributed by atoms with Crippen LogP contribution in [0.5, 0.6) is 0 Å². The number of nitrogens with zero attached hydrogens (tertiary/aromatic N) is 3. The van der Waals surface area contributed by atoms with Crippen LogP contribution < -0.4 is 5.32 Å². The van der Waals surface area contributed by atoms with E-state index < -0.39 is 15.3 Å². The quantitative estimate of drug-likeness (QED) is 0.692. The molecule has 3 heterocycles. The topological polar surface area (TPSA) is 92.3 Å². The molecule has 10 heteroatoms. The van der Waals surface area contributed by atoms with Crippen LogP contribution in [0.15, 0.2) is 46.6 Å². The first-order chi connectivity index (χ1) is 13.4. The first-order valence-corrected chi connectivity index (χ1v) is 11.6. The zero-order chi connectivity index (χ0) is 20.1. The van der Waals surface area contributed by atoms with Gasteiger partial charge in [-0.05, 0) is 44.0 Å². The molecule has 2 aromatic heterocycles. The van der Waals surface area contributed by atoms with Crippen LogP contribution in [0.4, 0.5) is 5.82 Å². The monoisotopic (exact) mass is 440 g/mol. The number of anilines is 1. The van der Waals surface area contributed by atoms with Gasteiger partial charge < -0.3 is 5.32 Å². The maximum atomic E-state index is 12.7. The molecule has 1 unspecified atom stereocenters. The molecule has 3 rings (SSSR count). The number of pyridine rings is 2. The van der Waals surface area contributed by atoms with Crippen LogP contribution in [0, 0.1) is 0 Å². The molecule has 2 aromatic rings. The van der Waals surface area contributed by atoms with Crippen LogP contribution in [-0.4, -0.2) is 46.9 Å². The summed E-state index contributed by atoms with van der Waals surface area (Å²) in [7, 11) is -3.50. The number of rotatable bonds is 6. The van der Waals surface area contributed by atoms with Gasteiger partial charge in [0, 0.05) is 25.5 Å². The van der Waals surface area contributed by atoms with Gasteiger partial charge in [0.25, 0.3) is 0 Å². The highest BCUT2D eigenvalue weighted by Gasteiger charge is 2.26. The van der Waals surface area contributed by atoms with Crippen molar-refractivity contribution in [2.45, 2.75) is 41.4 Å². The van der Waals surface area contributed by atoms with Crippen LogP contribution in [0.25, 0.3) is 0 Å². The van der Waals surface area contributed by atoms with Crippen molar-refractivity contribution in [3.63, 3.8) is 0 Å². The fourth-order valence-electron chi connectivity index (χ4n) is 2.76. The summed E-state index contributed by atoms with van der Waals surface area (Å²) in [5, 5.41) is 3.34. The Morgan fingerprint density at radius 3 is 2.50 bits per heavy atom. The van der Waals surface area contributed by atoms with Gasteiger partial charge in [0.15, 0.2) is 0 Å². The Kier molecular flexibility index (Phi) is 6.92. The molecule has 1 fully saturated rings. The van der Waals surface area contributed by atoms with E-state index in [1.54, 1.807) is 31.2 Å². The van der Waals surface area contributed by atoms with E-state index in [1.165, 1.54) is 28.5 Å². The first-order valence-electron chi connectivity index (χ1n) is 8.91.